The molecule has 0 aliphatic carbocycles. The van der Waals surface area contributed by atoms with Crippen LogP contribution in [-0.2, 0) is 16.6 Å². The zero-order valence-electron chi connectivity index (χ0n) is 10.4. The van der Waals surface area contributed by atoms with Crippen molar-refractivity contribution in [1.82, 2.24) is 4.31 Å². The first kappa shape index (κ1) is 16.1. The predicted octanol–water partition coefficient (Wildman–Crippen LogP) is 2.17. The van der Waals surface area contributed by atoms with Crippen LogP contribution in [0.5, 0.6) is 0 Å². The molecule has 0 fully saturated rings. The maximum atomic E-state index is 14.0. The number of aliphatic hydroxyl groups excluding tert-OH is 1. The summed E-state index contributed by atoms with van der Waals surface area (Å²) in [7, 11) is -4.01. The molecule has 0 saturated carbocycles. The average molecular weight is 308 g/mol. The van der Waals surface area contributed by atoms with Gasteiger partial charge in [0.25, 0.3) is 0 Å². The molecule has 1 N–H and O–H groups in total. The fourth-order valence-electron chi connectivity index (χ4n) is 1.60. The molecule has 4 nitrogen and oxygen atoms in total. The lowest BCUT2D eigenvalue weighted by atomic mass is 10.2. The van der Waals surface area contributed by atoms with Crippen molar-refractivity contribution >= 4 is 21.6 Å². The molecule has 0 radical (unpaired) electrons. The molecule has 0 bridgehead atoms. The Kier molecular flexibility index (Phi) is 5.49. The Hall–Kier alpha value is -0.950. The second kappa shape index (κ2) is 6.47. The highest BCUT2D eigenvalue weighted by atomic mass is 35.5. The number of halogens is 2. The molecule has 7 heteroatoms. The van der Waals surface area contributed by atoms with Gasteiger partial charge >= 0.3 is 0 Å². The summed E-state index contributed by atoms with van der Waals surface area (Å²) < 4.78 is 39.7. The highest BCUT2D eigenvalue weighted by Gasteiger charge is 2.27. The minimum Gasteiger partial charge on any atom is -0.392 e. The Balaban J connectivity index is 3.43. The maximum absolute atomic E-state index is 14.0. The van der Waals surface area contributed by atoms with E-state index in [0.29, 0.717) is 0 Å². The summed E-state index contributed by atoms with van der Waals surface area (Å²) in [6, 6.07) is 2.23. The van der Waals surface area contributed by atoms with Crippen molar-refractivity contribution in [3.63, 3.8) is 0 Å². The van der Waals surface area contributed by atoms with E-state index >= 15 is 0 Å². The van der Waals surface area contributed by atoms with Gasteiger partial charge in [0.15, 0.2) is 0 Å². The van der Waals surface area contributed by atoms with E-state index in [1.54, 1.807) is 6.92 Å². The van der Waals surface area contributed by atoms with Gasteiger partial charge in [-0.1, -0.05) is 24.6 Å². The lowest BCUT2D eigenvalue weighted by Gasteiger charge is -2.19. The van der Waals surface area contributed by atoms with Crippen molar-refractivity contribution in [2.24, 2.45) is 0 Å². The minimum atomic E-state index is -4.01. The van der Waals surface area contributed by atoms with Gasteiger partial charge in [-0.2, -0.15) is 4.31 Å². The number of hydrogen-bond donors (Lipinski definition) is 1. The molecule has 1 aromatic carbocycles. The summed E-state index contributed by atoms with van der Waals surface area (Å²) in [6.07, 6.45) is 1.41. The van der Waals surface area contributed by atoms with Gasteiger partial charge in [-0.3, -0.25) is 0 Å². The fraction of sp³-hybridized carbons (Fsp3) is 0.333. The Morgan fingerprint density at radius 2 is 2.16 bits per heavy atom. The first-order chi connectivity index (χ1) is 8.88. The summed E-state index contributed by atoms with van der Waals surface area (Å²) in [5, 5.41) is 9.06. The number of likely N-dealkylation sites (N-methyl/N-ethyl adjacent to an activating group) is 1. The highest BCUT2D eigenvalue weighted by Crippen LogP contribution is 2.26. The Bertz CT molecular complexity index is 575. The van der Waals surface area contributed by atoms with Crippen LogP contribution in [0.2, 0.25) is 5.02 Å². The van der Waals surface area contributed by atoms with Crippen LogP contribution in [0.4, 0.5) is 4.39 Å². The van der Waals surface area contributed by atoms with Gasteiger partial charge in [0.1, 0.15) is 10.7 Å². The summed E-state index contributed by atoms with van der Waals surface area (Å²) in [5.41, 5.74) is -0.152. The molecule has 0 spiro atoms. The lowest BCUT2D eigenvalue weighted by molar-refractivity contribution is 0.274. The molecule has 1 aromatic rings. The van der Waals surface area contributed by atoms with E-state index in [2.05, 4.69) is 6.58 Å². The summed E-state index contributed by atoms with van der Waals surface area (Å²) >= 11 is 5.75. The number of benzene rings is 1. The monoisotopic (exact) mass is 307 g/mol. The van der Waals surface area contributed by atoms with Crippen LogP contribution in [0.1, 0.15) is 12.5 Å². The third-order valence-electron chi connectivity index (χ3n) is 2.55. The van der Waals surface area contributed by atoms with Crippen LogP contribution >= 0.6 is 11.6 Å². The lowest BCUT2D eigenvalue weighted by Crippen LogP contribution is -2.31. The highest BCUT2D eigenvalue weighted by molar-refractivity contribution is 7.89. The molecular weight excluding hydrogens is 293 g/mol. The van der Waals surface area contributed by atoms with E-state index in [1.807, 2.05) is 0 Å². The fourth-order valence-corrected chi connectivity index (χ4v) is 3.46. The first-order valence-corrected chi connectivity index (χ1v) is 7.40. The van der Waals surface area contributed by atoms with Crippen LogP contribution in [0.3, 0.4) is 0 Å². The standard InChI is InChI=1S/C12H15ClFNO3S/c1-3-5-15(4-2)19(17,18)11-7-10(13)6-9(8-16)12(11)14/h3,6-7,16H,1,4-5,8H2,2H3. The largest absolute Gasteiger partial charge is 0.392 e. The summed E-state index contributed by atoms with van der Waals surface area (Å²) in [6.45, 7) is 4.72. The smallest absolute Gasteiger partial charge is 0.246 e. The number of nitrogens with zero attached hydrogens (tertiary/aromatic N) is 1. The van der Waals surface area contributed by atoms with Crippen molar-refractivity contribution in [3.05, 3.63) is 41.2 Å². The van der Waals surface area contributed by atoms with Gasteiger partial charge < -0.3 is 5.11 Å². The third kappa shape index (κ3) is 3.33. The van der Waals surface area contributed by atoms with Crippen LogP contribution < -0.4 is 0 Å². The SMILES string of the molecule is C=CCN(CC)S(=O)(=O)c1cc(Cl)cc(CO)c1F. The maximum Gasteiger partial charge on any atom is 0.246 e. The second-order valence-electron chi connectivity index (χ2n) is 3.78. The molecule has 106 valence electrons. The molecule has 0 unspecified atom stereocenters. The Morgan fingerprint density at radius 3 is 2.63 bits per heavy atom. The summed E-state index contributed by atoms with van der Waals surface area (Å²) in [4.78, 5) is -0.534. The Morgan fingerprint density at radius 1 is 1.53 bits per heavy atom. The molecule has 0 aliphatic rings. The van der Waals surface area contributed by atoms with E-state index in [1.165, 1.54) is 12.1 Å². The van der Waals surface area contributed by atoms with Crippen LogP contribution in [0.25, 0.3) is 0 Å². The zero-order valence-corrected chi connectivity index (χ0v) is 12.0. The quantitative estimate of drug-likeness (QED) is 0.819. The topological polar surface area (TPSA) is 57.6 Å². The third-order valence-corrected chi connectivity index (χ3v) is 4.71. The van der Waals surface area contributed by atoms with Gasteiger partial charge in [0.2, 0.25) is 10.0 Å². The number of aliphatic hydroxyl groups is 1. The van der Waals surface area contributed by atoms with E-state index < -0.39 is 27.3 Å². The summed E-state index contributed by atoms with van der Waals surface area (Å²) in [5.74, 6) is -0.977. The zero-order chi connectivity index (χ0) is 14.6. The Labute approximate surface area is 117 Å². The van der Waals surface area contributed by atoms with E-state index in [-0.39, 0.29) is 23.7 Å². The molecule has 0 aliphatic heterocycles. The molecular formula is C12H15ClFNO3S. The van der Waals surface area contributed by atoms with Crippen LogP contribution in [0.15, 0.2) is 29.7 Å². The molecule has 0 saturated heterocycles. The molecule has 0 amide bonds. The molecule has 19 heavy (non-hydrogen) atoms. The van der Waals surface area contributed by atoms with Crippen molar-refractivity contribution in [2.75, 3.05) is 13.1 Å². The van der Waals surface area contributed by atoms with Gasteiger partial charge in [-0.15, -0.1) is 6.58 Å². The number of sulfonamides is 1. The predicted molar refractivity (Wildman–Crippen MR) is 72.0 cm³/mol. The number of rotatable bonds is 6. The van der Waals surface area contributed by atoms with Crippen LogP contribution in [-0.4, -0.2) is 30.9 Å². The minimum absolute atomic E-state index is 0.0543. The molecule has 1 rings (SSSR count). The molecule has 0 atom stereocenters. The van der Waals surface area contributed by atoms with Crippen molar-refractivity contribution in [1.29, 1.82) is 0 Å². The normalized spacial score (nSPS) is 11.8. The van der Waals surface area contributed by atoms with Gasteiger partial charge in [-0.05, 0) is 12.1 Å². The molecule has 0 heterocycles. The van der Waals surface area contributed by atoms with Gasteiger partial charge in [0, 0.05) is 23.7 Å². The van der Waals surface area contributed by atoms with Gasteiger partial charge in [-0.25, -0.2) is 12.8 Å². The molecule has 0 aromatic heterocycles. The van der Waals surface area contributed by atoms with Crippen LogP contribution in [0, 0.1) is 5.82 Å². The van der Waals surface area contributed by atoms with E-state index in [9.17, 15) is 12.8 Å². The van der Waals surface area contributed by atoms with E-state index in [0.717, 1.165) is 10.4 Å². The first-order valence-electron chi connectivity index (χ1n) is 5.58. The van der Waals surface area contributed by atoms with Crippen molar-refractivity contribution in [2.45, 2.75) is 18.4 Å². The van der Waals surface area contributed by atoms with Gasteiger partial charge in [0.05, 0.1) is 6.61 Å². The van der Waals surface area contributed by atoms with Crippen molar-refractivity contribution < 1.29 is 17.9 Å². The second-order valence-corrected chi connectivity index (χ2v) is 6.12. The number of hydrogen-bond acceptors (Lipinski definition) is 3. The van der Waals surface area contributed by atoms with E-state index in [4.69, 9.17) is 16.7 Å². The van der Waals surface area contributed by atoms with Crippen molar-refractivity contribution in [3.8, 4) is 0 Å². The average Bonchev–Trinajstić information content (AvgIpc) is 2.37.